The van der Waals surface area contributed by atoms with Gasteiger partial charge in [0.2, 0.25) is 5.78 Å². The van der Waals surface area contributed by atoms with E-state index in [1.54, 1.807) is 32.7 Å². The van der Waals surface area contributed by atoms with E-state index >= 15 is 0 Å². The topological polar surface area (TPSA) is 92.7 Å². The highest BCUT2D eigenvalue weighted by Gasteiger charge is 2.24. The maximum Gasteiger partial charge on any atom is 0.339 e. The second-order valence-electron chi connectivity index (χ2n) is 6.60. The molecule has 7 nitrogen and oxygen atoms in total. The molecule has 1 atom stereocenters. The van der Waals surface area contributed by atoms with E-state index in [1.807, 2.05) is 30.5 Å². The lowest BCUT2D eigenvalue weighted by Crippen LogP contribution is -3.11. The Morgan fingerprint density at radius 3 is 2.50 bits per heavy atom. The Bertz CT molecular complexity index is 892. The van der Waals surface area contributed by atoms with E-state index < -0.39 is 5.97 Å². The maximum atomic E-state index is 12.7. The molecule has 2 aromatic rings. The molecule has 1 aromatic carbocycles. The van der Waals surface area contributed by atoms with E-state index in [1.165, 1.54) is 7.11 Å². The summed E-state index contributed by atoms with van der Waals surface area (Å²) >= 11 is 1.56. The molecule has 0 aliphatic rings. The first-order valence-electron chi connectivity index (χ1n) is 8.83. The van der Waals surface area contributed by atoms with E-state index in [-0.39, 0.29) is 24.8 Å². The number of quaternary nitrogens is 1. The number of nitrogens with one attached hydrogen (secondary N) is 3. The van der Waals surface area contributed by atoms with Crippen molar-refractivity contribution in [2.45, 2.75) is 18.7 Å². The molecular formula is C20H26N3O4S+. The van der Waals surface area contributed by atoms with Crippen molar-refractivity contribution < 1.29 is 24.0 Å². The van der Waals surface area contributed by atoms with Gasteiger partial charge in [0.25, 0.3) is 5.91 Å². The third-order valence-corrected chi connectivity index (χ3v) is 5.21. The van der Waals surface area contributed by atoms with Crippen molar-refractivity contribution in [3.63, 3.8) is 0 Å². The van der Waals surface area contributed by atoms with Crippen LogP contribution in [0.4, 0.5) is 5.69 Å². The third-order valence-electron chi connectivity index (χ3n) is 4.41. The van der Waals surface area contributed by atoms with Crippen molar-refractivity contribution in [1.29, 1.82) is 0 Å². The average molecular weight is 405 g/mol. The lowest BCUT2D eigenvalue weighted by atomic mass is 10.1. The molecule has 2 rings (SSSR count). The van der Waals surface area contributed by atoms with Crippen LogP contribution in [0.25, 0.3) is 0 Å². The minimum atomic E-state index is -0.474. The number of aryl methyl sites for hydroxylation is 1. The minimum Gasteiger partial charge on any atom is -0.465 e. The number of amides is 1. The van der Waals surface area contributed by atoms with Crippen LogP contribution >= 0.6 is 11.8 Å². The van der Waals surface area contributed by atoms with E-state index in [2.05, 4.69) is 10.3 Å². The predicted molar refractivity (Wildman–Crippen MR) is 109 cm³/mol. The van der Waals surface area contributed by atoms with Crippen LogP contribution < -0.4 is 10.2 Å². The Morgan fingerprint density at radius 1 is 1.18 bits per heavy atom. The standard InChI is InChI=1S/C20H25N3O4S/c1-12-18(20(26)27-4)13(2)21-19(12)15(24)10-23(3)11-17(25)22-14-8-6-7-9-16(14)28-5/h6-9,21H,10-11H2,1-5H3,(H,22,25)/p+1. The number of esters is 1. The number of hydrogen-bond donors (Lipinski definition) is 3. The first kappa shape index (κ1) is 21.7. The number of aromatic amines is 1. The number of methoxy groups -OCH3 is 1. The van der Waals surface area contributed by atoms with E-state index in [9.17, 15) is 14.4 Å². The van der Waals surface area contributed by atoms with Gasteiger partial charge in [-0.25, -0.2) is 4.79 Å². The number of para-hydroxylation sites is 1. The van der Waals surface area contributed by atoms with Crippen LogP contribution in [0, 0.1) is 13.8 Å². The normalized spacial score (nSPS) is 11.8. The lowest BCUT2D eigenvalue weighted by Gasteiger charge is -2.14. The summed E-state index contributed by atoms with van der Waals surface area (Å²) in [5.74, 6) is -0.801. The van der Waals surface area contributed by atoms with Crippen molar-refractivity contribution >= 4 is 35.1 Å². The number of thioether (sulfide) groups is 1. The van der Waals surface area contributed by atoms with Crippen LogP contribution in [-0.4, -0.2) is 56.1 Å². The predicted octanol–water partition coefficient (Wildman–Crippen LogP) is 1.48. The number of ether oxygens (including phenoxy) is 1. The van der Waals surface area contributed by atoms with Gasteiger partial charge >= 0.3 is 5.97 Å². The van der Waals surface area contributed by atoms with Gasteiger partial charge in [0, 0.05) is 10.6 Å². The number of likely N-dealkylation sites (N-methyl/N-ethyl adjacent to an activating group) is 1. The highest BCUT2D eigenvalue weighted by Crippen LogP contribution is 2.24. The second kappa shape index (κ2) is 9.57. The molecule has 0 aliphatic carbocycles. The second-order valence-corrected chi connectivity index (χ2v) is 7.45. The number of H-pyrrole nitrogens is 1. The zero-order valence-electron chi connectivity index (χ0n) is 16.8. The first-order chi connectivity index (χ1) is 13.3. The number of anilines is 1. The lowest BCUT2D eigenvalue weighted by molar-refractivity contribution is -0.861. The molecule has 8 heteroatoms. The number of carbonyl (C=O) groups excluding carboxylic acids is 3. The molecule has 1 amide bonds. The summed E-state index contributed by atoms with van der Waals surface area (Å²) < 4.78 is 4.77. The summed E-state index contributed by atoms with van der Waals surface area (Å²) in [6, 6.07) is 7.57. The van der Waals surface area contributed by atoms with Gasteiger partial charge in [-0.05, 0) is 37.8 Å². The van der Waals surface area contributed by atoms with E-state index in [4.69, 9.17) is 4.74 Å². The summed E-state index contributed by atoms with van der Waals surface area (Å²) in [6.07, 6.45) is 1.95. The van der Waals surface area contributed by atoms with Gasteiger partial charge in [-0.15, -0.1) is 11.8 Å². The van der Waals surface area contributed by atoms with Crippen molar-refractivity contribution in [3.05, 3.63) is 46.8 Å². The van der Waals surface area contributed by atoms with Crippen LogP contribution in [0.5, 0.6) is 0 Å². The molecule has 0 saturated heterocycles. The Balaban J connectivity index is 2.01. The number of aromatic nitrogens is 1. The van der Waals surface area contributed by atoms with Crippen LogP contribution in [0.2, 0.25) is 0 Å². The Labute approximate surface area is 168 Å². The smallest absolute Gasteiger partial charge is 0.339 e. The Hall–Kier alpha value is -2.58. The van der Waals surface area contributed by atoms with Crippen LogP contribution in [0.3, 0.4) is 0 Å². The number of benzene rings is 1. The zero-order chi connectivity index (χ0) is 20.8. The number of rotatable bonds is 8. The molecular weight excluding hydrogens is 378 g/mol. The molecule has 0 spiro atoms. The largest absolute Gasteiger partial charge is 0.465 e. The summed E-state index contributed by atoms with van der Waals surface area (Å²) in [6.45, 7) is 3.71. The summed E-state index contributed by atoms with van der Waals surface area (Å²) in [5.41, 5.74) is 2.69. The van der Waals surface area contributed by atoms with E-state index in [0.717, 1.165) is 15.5 Å². The van der Waals surface area contributed by atoms with Crippen molar-refractivity contribution in [2.24, 2.45) is 0 Å². The highest BCUT2D eigenvalue weighted by molar-refractivity contribution is 7.98. The number of ketones is 1. The van der Waals surface area contributed by atoms with Gasteiger partial charge in [0.15, 0.2) is 6.54 Å². The van der Waals surface area contributed by atoms with Gasteiger partial charge in [-0.2, -0.15) is 0 Å². The van der Waals surface area contributed by atoms with Crippen molar-refractivity contribution in [2.75, 3.05) is 38.8 Å². The molecule has 0 bridgehead atoms. The Kier molecular flexibility index (Phi) is 7.42. The summed E-state index contributed by atoms with van der Waals surface area (Å²) in [5, 5.41) is 2.89. The molecule has 150 valence electrons. The first-order valence-corrected chi connectivity index (χ1v) is 10.1. The van der Waals surface area contributed by atoms with Gasteiger partial charge in [-0.1, -0.05) is 12.1 Å². The molecule has 0 aliphatic heterocycles. The van der Waals surface area contributed by atoms with Crippen molar-refractivity contribution in [3.8, 4) is 0 Å². The summed E-state index contributed by atoms with van der Waals surface area (Å²) in [7, 11) is 3.09. The monoisotopic (exact) mass is 404 g/mol. The maximum absolute atomic E-state index is 12.7. The zero-order valence-corrected chi connectivity index (χ0v) is 17.6. The fraction of sp³-hybridized carbons (Fsp3) is 0.350. The Morgan fingerprint density at radius 2 is 1.86 bits per heavy atom. The van der Waals surface area contributed by atoms with Crippen LogP contribution in [0.15, 0.2) is 29.2 Å². The molecule has 0 saturated carbocycles. The average Bonchev–Trinajstić information content (AvgIpc) is 2.95. The number of carbonyl (C=O) groups is 3. The molecule has 28 heavy (non-hydrogen) atoms. The molecule has 3 N–H and O–H groups in total. The quantitative estimate of drug-likeness (QED) is 0.352. The fourth-order valence-corrected chi connectivity index (χ4v) is 3.63. The van der Waals surface area contributed by atoms with Crippen molar-refractivity contribution in [1.82, 2.24) is 4.98 Å². The summed E-state index contributed by atoms with van der Waals surface area (Å²) in [4.78, 5) is 41.6. The number of Topliss-reactive ketones (excluding diaryl/α,β-unsaturated/α-hetero) is 1. The molecule has 1 heterocycles. The molecule has 1 unspecified atom stereocenters. The third kappa shape index (κ3) is 5.02. The minimum absolute atomic E-state index is 0.124. The van der Waals surface area contributed by atoms with Gasteiger partial charge < -0.3 is 19.9 Å². The number of hydrogen-bond acceptors (Lipinski definition) is 5. The van der Waals surface area contributed by atoms with E-state index in [0.29, 0.717) is 22.5 Å². The fourth-order valence-electron chi connectivity index (χ4n) is 3.08. The van der Waals surface area contributed by atoms with Crippen LogP contribution in [0.1, 0.15) is 32.1 Å². The molecule has 1 aromatic heterocycles. The van der Waals surface area contributed by atoms with Gasteiger partial charge in [0.05, 0.1) is 31.1 Å². The molecule has 0 radical (unpaired) electrons. The van der Waals surface area contributed by atoms with Gasteiger partial charge in [-0.3, -0.25) is 9.59 Å². The SMILES string of the molecule is COC(=O)c1c(C)[nH]c(C(=O)C[NH+](C)CC(=O)Nc2ccccc2SC)c1C. The highest BCUT2D eigenvalue weighted by atomic mass is 32.2. The molecule has 0 fully saturated rings. The van der Waals surface area contributed by atoms with Gasteiger partial charge in [0.1, 0.15) is 6.54 Å². The van der Waals surface area contributed by atoms with Crippen LogP contribution in [-0.2, 0) is 9.53 Å².